The van der Waals surface area contributed by atoms with E-state index in [2.05, 4.69) is 35.8 Å². The SMILES string of the molecule is CCc1ccc(C(=O)CCBr)cc1CC. The summed E-state index contributed by atoms with van der Waals surface area (Å²) in [6, 6.07) is 6.08. The van der Waals surface area contributed by atoms with E-state index < -0.39 is 0 Å². The quantitative estimate of drug-likeness (QED) is 0.587. The van der Waals surface area contributed by atoms with Crippen LogP contribution in [0.3, 0.4) is 0 Å². The monoisotopic (exact) mass is 268 g/mol. The standard InChI is InChI=1S/C13H17BrO/c1-3-10-5-6-12(9-11(10)4-2)13(15)7-8-14/h5-6,9H,3-4,7-8H2,1-2H3. The van der Waals surface area contributed by atoms with Crippen molar-refractivity contribution in [2.24, 2.45) is 0 Å². The fourth-order valence-corrected chi connectivity index (χ4v) is 2.06. The number of alkyl halides is 1. The van der Waals surface area contributed by atoms with Gasteiger partial charge >= 0.3 is 0 Å². The van der Waals surface area contributed by atoms with Crippen molar-refractivity contribution in [2.75, 3.05) is 5.33 Å². The molecule has 1 nitrogen and oxygen atoms in total. The third-order valence-electron chi connectivity index (χ3n) is 2.61. The van der Waals surface area contributed by atoms with Crippen molar-refractivity contribution >= 4 is 21.7 Å². The van der Waals surface area contributed by atoms with Gasteiger partial charge in [-0.3, -0.25) is 4.79 Å². The number of ketones is 1. The van der Waals surface area contributed by atoms with Crippen LogP contribution in [-0.4, -0.2) is 11.1 Å². The number of hydrogen-bond donors (Lipinski definition) is 0. The summed E-state index contributed by atoms with van der Waals surface area (Å²) >= 11 is 3.29. The first kappa shape index (κ1) is 12.4. The van der Waals surface area contributed by atoms with Crippen LogP contribution in [0.2, 0.25) is 0 Å². The third-order valence-corrected chi connectivity index (χ3v) is 3.01. The molecule has 0 aromatic heterocycles. The summed E-state index contributed by atoms with van der Waals surface area (Å²) in [4.78, 5) is 11.7. The number of carbonyl (C=O) groups excluding carboxylic acids is 1. The number of aryl methyl sites for hydroxylation is 2. The maximum absolute atomic E-state index is 11.7. The molecule has 0 aliphatic rings. The van der Waals surface area contributed by atoms with Crippen molar-refractivity contribution in [1.82, 2.24) is 0 Å². The summed E-state index contributed by atoms with van der Waals surface area (Å²) in [7, 11) is 0. The van der Waals surface area contributed by atoms with E-state index in [4.69, 9.17) is 0 Å². The van der Waals surface area contributed by atoms with Gasteiger partial charge in [-0.05, 0) is 30.0 Å². The van der Waals surface area contributed by atoms with Gasteiger partial charge in [-0.2, -0.15) is 0 Å². The van der Waals surface area contributed by atoms with Crippen molar-refractivity contribution in [2.45, 2.75) is 33.1 Å². The number of halogens is 1. The lowest BCUT2D eigenvalue weighted by Crippen LogP contribution is -2.02. The van der Waals surface area contributed by atoms with Crippen molar-refractivity contribution in [3.8, 4) is 0 Å². The highest BCUT2D eigenvalue weighted by Crippen LogP contribution is 2.15. The molecule has 1 rings (SSSR count). The minimum absolute atomic E-state index is 0.226. The van der Waals surface area contributed by atoms with Gasteiger partial charge in [0.2, 0.25) is 0 Å². The van der Waals surface area contributed by atoms with Crippen LogP contribution in [0.15, 0.2) is 18.2 Å². The zero-order valence-electron chi connectivity index (χ0n) is 9.35. The number of Topliss-reactive ketones (excluding diaryl/α,β-unsaturated/α-hetero) is 1. The molecular weight excluding hydrogens is 252 g/mol. The lowest BCUT2D eigenvalue weighted by Gasteiger charge is -2.07. The van der Waals surface area contributed by atoms with Crippen LogP contribution in [0.25, 0.3) is 0 Å². The molecule has 0 saturated heterocycles. The van der Waals surface area contributed by atoms with E-state index in [1.165, 1.54) is 11.1 Å². The minimum Gasteiger partial charge on any atom is -0.294 e. The Bertz CT molecular complexity index is 344. The maximum atomic E-state index is 11.7. The third kappa shape index (κ3) is 3.16. The molecule has 15 heavy (non-hydrogen) atoms. The Balaban J connectivity index is 2.97. The molecule has 0 amide bonds. The van der Waals surface area contributed by atoms with Crippen LogP contribution in [0, 0.1) is 0 Å². The second-order valence-corrected chi connectivity index (χ2v) is 4.35. The van der Waals surface area contributed by atoms with E-state index in [9.17, 15) is 4.79 Å². The van der Waals surface area contributed by atoms with Gasteiger partial charge in [-0.1, -0.05) is 41.9 Å². The summed E-state index contributed by atoms with van der Waals surface area (Å²) in [6.45, 7) is 4.28. The number of hydrogen-bond acceptors (Lipinski definition) is 1. The average Bonchev–Trinajstić information content (AvgIpc) is 2.28. The first-order valence-corrected chi connectivity index (χ1v) is 6.56. The fraction of sp³-hybridized carbons (Fsp3) is 0.462. The van der Waals surface area contributed by atoms with Gasteiger partial charge in [0.05, 0.1) is 0 Å². The van der Waals surface area contributed by atoms with Gasteiger partial charge in [-0.25, -0.2) is 0 Å². The normalized spacial score (nSPS) is 10.3. The number of carbonyl (C=O) groups is 1. The summed E-state index contributed by atoms with van der Waals surface area (Å²) in [6.07, 6.45) is 2.61. The van der Waals surface area contributed by atoms with Gasteiger partial charge in [-0.15, -0.1) is 0 Å². The predicted octanol–water partition coefficient (Wildman–Crippen LogP) is 3.78. The second kappa shape index (κ2) is 6.06. The molecule has 2 heteroatoms. The summed E-state index contributed by atoms with van der Waals surface area (Å²) < 4.78 is 0. The molecule has 0 unspecified atom stereocenters. The van der Waals surface area contributed by atoms with Gasteiger partial charge in [0.1, 0.15) is 0 Å². The molecule has 0 heterocycles. The Morgan fingerprint density at radius 3 is 2.40 bits per heavy atom. The van der Waals surface area contributed by atoms with Crippen molar-refractivity contribution in [3.63, 3.8) is 0 Å². The number of benzene rings is 1. The lowest BCUT2D eigenvalue weighted by molar-refractivity contribution is 0.0990. The number of rotatable bonds is 5. The van der Waals surface area contributed by atoms with Crippen LogP contribution < -0.4 is 0 Å². The van der Waals surface area contributed by atoms with Crippen LogP contribution in [-0.2, 0) is 12.8 Å². The predicted molar refractivity (Wildman–Crippen MR) is 67.9 cm³/mol. The second-order valence-electron chi connectivity index (χ2n) is 3.55. The highest BCUT2D eigenvalue weighted by molar-refractivity contribution is 9.09. The van der Waals surface area contributed by atoms with Crippen LogP contribution in [0.4, 0.5) is 0 Å². The molecule has 0 fully saturated rings. The first-order chi connectivity index (χ1) is 7.22. The smallest absolute Gasteiger partial charge is 0.163 e. The maximum Gasteiger partial charge on any atom is 0.163 e. The van der Waals surface area contributed by atoms with E-state index in [0.29, 0.717) is 6.42 Å². The van der Waals surface area contributed by atoms with E-state index in [-0.39, 0.29) is 5.78 Å². The molecule has 0 aliphatic carbocycles. The van der Waals surface area contributed by atoms with E-state index in [1.807, 2.05) is 12.1 Å². The highest BCUT2D eigenvalue weighted by atomic mass is 79.9. The van der Waals surface area contributed by atoms with Gasteiger partial charge < -0.3 is 0 Å². The zero-order valence-corrected chi connectivity index (χ0v) is 10.9. The molecular formula is C13H17BrO. The molecule has 0 saturated carbocycles. The average molecular weight is 269 g/mol. The summed E-state index contributed by atoms with van der Waals surface area (Å²) in [5, 5.41) is 0.739. The highest BCUT2D eigenvalue weighted by Gasteiger charge is 2.07. The topological polar surface area (TPSA) is 17.1 Å². The molecule has 0 bridgehead atoms. The molecule has 0 N–H and O–H groups in total. The van der Waals surface area contributed by atoms with Crippen molar-refractivity contribution in [3.05, 3.63) is 34.9 Å². The Morgan fingerprint density at radius 1 is 1.20 bits per heavy atom. The Morgan fingerprint density at radius 2 is 1.87 bits per heavy atom. The summed E-state index contributed by atoms with van der Waals surface area (Å²) in [5.74, 6) is 0.226. The fourth-order valence-electron chi connectivity index (χ4n) is 1.70. The lowest BCUT2D eigenvalue weighted by atomic mass is 9.98. The van der Waals surface area contributed by atoms with Crippen LogP contribution in [0.5, 0.6) is 0 Å². The van der Waals surface area contributed by atoms with E-state index in [1.54, 1.807) is 0 Å². The molecule has 0 spiro atoms. The Hall–Kier alpha value is -0.630. The summed E-state index contributed by atoms with van der Waals surface area (Å²) in [5.41, 5.74) is 3.51. The van der Waals surface area contributed by atoms with Crippen LogP contribution >= 0.6 is 15.9 Å². The molecule has 1 aromatic rings. The minimum atomic E-state index is 0.226. The van der Waals surface area contributed by atoms with Gasteiger partial charge in [0.15, 0.2) is 5.78 Å². The zero-order chi connectivity index (χ0) is 11.3. The van der Waals surface area contributed by atoms with E-state index in [0.717, 1.165) is 23.7 Å². The largest absolute Gasteiger partial charge is 0.294 e. The van der Waals surface area contributed by atoms with Gasteiger partial charge in [0, 0.05) is 17.3 Å². The van der Waals surface area contributed by atoms with E-state index >= 15 is 0 Å². The molecule has 0 radical (unpaired) electrons. The molecule has 0 atom stereocenters. The Kier molecular flexibility index (Phi) is 5.03. The first-order valence-electron chi connectivity index (χ1n) is 5.43. The van der Waals surface area contributed by atoms with Crippen molar-refractivity contribution < 1.29 is 4.79 Å². The van der Waals surface area contributed by atoms with Crippen LogP contribution in [0.1, 0.15) is 41.8 Å². The molecule has 82 valence electrons. The molecule has 1 aromatic carbocycles. The molecule has 0 aliphatic heterocycles. The Labute approximate surface area is 100 Å². The van der Waals surface area contributed by atoms with Crippen molar-refractivity contribution in [1.29, 1.82) is 0 Å². The van der Waals surface area contributed by atoms with Gasteiger partial charge in [0.25, 0.3) is 0 Å².